The highest BCUT2D eigenvalue weighted by Gasteiger charge is 2.35. The van der Waals surface area contributed by atoms with E-state index in [1.54, 1.807) is 36.4 Å². The Morgan fingerprint density at radius 3 is 2.57 bits per heavy atom. The van der Waals surface area contributed by atoms with Gasteiger partial charge in [-0.05, 0) is 72.3 Å². The summed E-state index contributed by atoms with van der Waals surface area (Å²) in [5.41, 5.74) is 2.48. The van der Waals surface area contributed by atoms with Gasteiger partial charge in [0.05, 0.1) is 11.4 Å². The maximum Gasteiger partial charge on any atom is 0.293 e. The number of hydrogen-bond acceptors (Lipinski definition) is 5. The molecular weight excluding hydrogens is 491 g/mol. The van der Waals surface area contributed by atoms with Crippen LogP contribution in [-0.4, -0.2) is 28.6 Å². The highest BCUT2D eigenvalue weighted by molar-refractivity contribution is 8.18. The van der Waals surface area contributed by atoms with Crippen molar-refractivity contribution in [2.75, 3.05) is 11.9 Å². The minimum Gasteiger partial charge on any atom is -0.484 e. The van der Waals surface area contributed by atoms with Gasteiger partial charge in [-0.1, -0.05) is 41.9 Å². The van der Waals surface area contributed by atoms with Crippen molar-refractivity contribution in [1.29, 1.82) is 0 Å². The van der Waals surface area contributed by atoms with Crippen LogP contribution < -0.4 is 10.1 Å². The molecule has 3 aromatic carbocycles. The Kier molecular flexibility index (Phi) is 7.53. The third-order valence-corrected chi connectivity index (χ3v) is 6.36. The highest BCUT2D eigenvalue weighted by atomic mass is 35.5. The Labute approximate surface area is 210 Å². The number of hydrogen-bond donors (Lipinski definition) is 1. The zero-order valence-corrected chi connectivity index (χ0v) is 20.2. The van der Waals surface area contributed by atoms with Gasteiger partial charge in [0.2, 0.25) is 0 Å². The van der Waals surface area contributed by atoms with E-state index in [9.17, 15) is 18.8 Å². The third-order valence-electron chi connectivity index (χ3n) is 5.10. The number of benzene rings is 3. The SMILES string of the molecule is Cc1cccc(NC(=O)COc2ccc(/C=C3\SC(=O)N(Cc4c(F)cccc4Cl)C3=O)cc2)c1. The van der Waals surface area contributed by atoms with E-state index in [-0.39, 0.29) is 34.6 Å². The van der Waals surface area contributed by atoms with Crippen LogP contribution in [0.5, 0.6) is 5.75 Å². The van der Waals surface area contributed by atoms with Gasteiger partial charge >= 0.3 is 0 Å². The number of nitrogens with one attached hydrogen (secondary N) is 1. The van der Waals surface area contributed by atoms with E-state index < -0.39 is 17.0 Å². The van der Waals surface area contributed by atoms with Crippen LogP contribution >= 0.6 is 23.4 Å². The van der Waals surface area contributed by atoms with Crippen molar-refractivity contribution in [2.45, 2.75) is 13.5 Å². The number of rotatable bonds is 7. The molecule has 0 unspecified atom stereocenters. The molecule has 6 nitrogen and oxygen atoms in total. The topological polar surface area (TPSA) is 75.7 Å². The molecule has 4 rings (SSSR count). The van der Waals surface area contributed by atoms with Crippen LogP contribution in [0.2, 0.25) is 5.02 Å². The van der Waals surface area contributed by atoms with Crippen molar-refractivity contribution in [3.63, 3.8) is 0 Å². The number of thioether (sulfide) groups is 1. The number of carbonyl (C=O) groups excluding carboxylic acids is 3. The maximum atomic E-state index is 14.1. The second-order valence-corrected chi connectivity index (χ2v) is 9.14. The number of imide groups is 1. The molecule has 9 heteroatoms. The average Bonchev–Trinajstić information content (AvgIpc) is 3.08. The van der Waals surface area contributed by atoms with E-state index in [4.69, 9.17) is 16.3 Å². The molecule has 0 bridgehead atoms. The summed E-state index contributed by atoms with van der Waals surface area (Å²) in [5, 5.41) is 2.42. The van der Waals surface area contributed by atoms with Gasteiger partial charge in [-0.25, -0.2) is 4.39 Å². The quantitative estimate of drug-likeness (QED) is 0.392. The molecule has 3 aromatic rings. The fraction of sp³-hybridized carbons (Fsp3) is 0.115. The fourth-order valence-electron chi connectivity index (χ4n) is 3.36. The minimum atomic E-state index is -0.580. The monoisotopic (exact) mass is 510 g/mol. The Balaban J connectivity index is 1.36. The van der Waals surface area contributed by atoms with Crippen molar-refractivity contribution in [3.05, 3.63) is 99.2 Å². The number of aryl methyl sites for hydroxylation is 1. The highest BCUT2D eigenvalue weighted by Crippen LogP contribution is 2.34. The average molecular weight is 511 g/mol. The predicted octanol–water partition coefficient (Wildman–Crippen LogP) is 6.04. The van der Waals surface area contributed by atoms with Crippen LogP contribution in [0, 0.1) is 12.7 Å². The van der Waals surface area contributed by atoms with Crippen molar-refractivity contribution in [1.82, 2.24) is 4.90 Å². The smallest absolute Gasteiger partial charge is 0.293 e. The predicted molar refractivity (Wildman–Crippen MR) is 135 cm³/mol. The van der Waals surface area contributed by atoms with Gasteiger partial charge in [0.25, 0.3) is 17.1 Å². The summed E-state index contributed by atoms with van der Waals surface area (Å²) in [4.78, 5) is 38.4. The van der Waals surface area contributed by atoms with E-state index in [1.165, 1.54) is 18.2 Å². The van der Waals surface area contributed by atoms with E-state index in [0.717, 1.165) is 22.2 Å². The first kappa shape index (κ1) is 24.5. The largest absolute Gasteiger partial charge is 0.484 e. The second kappa shape index (κ2) is 10.8. The second-order valence-electron chi connectivity index (χ2n) is 7.74. The zero-order valence-electron chi connectivity index (χ0n) is 18.6. The summed E-state index contributed by atoms with van der Waals surface area (Å²) in [7, 11) is 0. The first-order chi connectivity index (χ1) is 16.8. The Bertz CT molecular complexity index is 1310. The molecule has 0 radical (unpaired) electrons. The Morgan fingerprint density at radius 1 is 1.11 bits per heavy atom. The van der Waals surface area contributed by atoms with Crippen LogP contribution in [0.1, 0.15) is 16.7 Å². The van der Waals surface area contributed by atoms with E-state index in [1.807, 2.05) is 25.1 Å². The number of ether oxygens (including phenoxy) is 1. The fourth-order valence-corrected chi connectivity index (χ4v) is 4.42. The van der Waals surface area contributed by atoms with Crippen molar-refractivity contribution >= 4 is 52.2 Å². The maximum absolute atomic E-state index is 14.1. The number of anilines is 1. The molecular formula is C26H20ClFN2O4S. The molecule has 1 aliphatic heterocycles. The lowest BCUT2D eigenvalue weighted by Crippen LogP contribution is -2.28. The number of amides is 3. The Morgan fingerprint density at radius 2 is 1.86 bits per heavy atom. The molecule has 35 heavy (non-hydrogen) atoms. The van der Waals surface area contributed by atoms with Gasteiger partial charge in [-0.2, -0.15) is 0 Å². The van der Waals surface area contributed by atoms with Gasteiger partial charge in [0.1, 0.15) is 11.6 Å². The molecule has 1 saturated heterocycles. The van der Waals surface area contributed by atoms with Crippen molar-refractivity contribution in [3.8, 4) is 5.75 Å². The lowest BCUT2D eigenvalue weighted by molar-refractivity contribution is -0.123. The summed E-state index contributed by atoms with van der Waals surface area (Å²) in [6, 6.07) is 18.4. The molecule has 0 saturated carbocycles. The number of carbonyl (C=O) groups is 3. The summed E-state index contributed by atoms with van der Waals surface area (Å²) in [5.74, 6) is -0.914. The van der Waals surface area contributed by atoms with Crippen LogP contribution in [0.3, 0.4) is 0 Å². The van der Waals surface area contributed by atoms with Crippen LogP contribution in [0.4, 0.5) is 14.9 Å². The van der Waals surface area contributed by atoms with Crippen LogP contribution in [0.15, 0.2) is 71.6 Å². The van der Waals surface area contributed by atoms with E-state index >= 15 is 0 Å². The summed E-state index contributed by atoms with van der Waals surface area (Å²) >= 11 is 6.81. The molecule has 178 valence electrons. The van der Waals surface area contributed by atoms with Crippen molar-refractivity contribution in [2.24, 2.45) is 0 Å². The number of halogens is 2. The molecule has 1 N–H and O–H groups in total. The van der Waals surface area contributed by atoms with Crippen LogP contribution in [-0.2, 0) is 16.1 Å². The molecule has 1 fully saturated rings. The van der Waals surface area contributed by atoms with Crippen molar-refractivity contribution < 1.29 is 23.5 Å². The number of nitrogens with zero attached hydrogens (tertiary/aromatic N) is 1. The van der Waals surface area contributed by atoms with Gasteiger partial charge in [0, 0.05) is 16.3 Å². The summed E-state index contributed by atoms with van der Waals surface area (Å²) < 4.78 is 19.6. The first-order valence-corrected chi connectivity index (χ1v) is 11.8. The van der Waals surface area contributed by atoms with E-state index in [2.05, 4.69) is 5.32 Å². The Hall–Kier alpha value is -3.62. The van der Waals surface area contributed by atoms with Crippen LogP contribution in [0.25, 0.3) is 6.08 Å². The molecule has 0 aliphatic carbocycles. The normalized spacial score (nSPS) is 14.5. The molecule has 0 spiro atoms. The molecule has 0 aromatic heterocycles. The molecule has 1 heterocycles. The van der Waals surface area contributed by atoms with Gasteiger partial charge in [-0.3, -0.25) is 19.3 Å². The third kappa shape index (κ3) is 6.09. The lowest BCUT2D eigenvalue weighted by Gasteiger charge is -2.14. The summed E-state index contributed by atoms with van der Waals surface area (Å²) in [6.45, 7) is 1.53. The van der Waals surface area contributed by atoms with Gasteiger partial charge < -0.3 is 10.1 Å². The molecule has 0 atom stereocenters. The standard InChI is InChI=1S/C26H20ClFN2O4S/c1-16-4-2-5-18(12-16)29-24(31)15-34-19-10-8-17(9-11-19)13-23-25(32)30(26(33)35-23)14-20-21(27)6-3-7-22(20)28/h2-13H,14-15H2,1H3,(H,29,31)/b23-13-. The lowest BCUT2D eigenvalue weighted by atomic mass is 10.2. The minimum absolute atomic E-state index is 0.0886. The van der Waals surface area contributed by atoms with Gasteiger partial charge in [0.15, 0.2) is 6.61 Å². The summed E-state index contributed by atoms with van der Waals surface area (Å²) in [6.07, 6.45) is 1.57. The van der Waals surface area contributed by atoms with E-state index in [0.29, 0.717) is 17.0 Å². The zero-order chi connectivity index (χ0) is 24.9. The van der Waals surface area contributed by atoms with Gasteiger partial charge in [-0.15, -0.1) is 0 Å². The first-order valence-electron chi connectivity index (χ1n) is 10.6. The molecule has 3 amide bonds. The molecule has 1 aliphatic rings.